The highest BCUT2D eigenvalue weighted by Gasteiger charge is 2.29. The number of nitrogens with zero attached hydrogens (tertiary/aromatic N) is 3. The summed E-state index contributed by atoms with van der Waals surface area (Å²) in [7, 11) is 4.04. The molecule has 1 saturated heterocycles. The number of benzene rings is 2. The molecule has 1 fully saturated rings. The standard InChI is InChI=1S/C25H30N4O2/c1-27(2)21(20-11-7-4-8-12-20)17-26-22-23(25(31)24(22)30)29-15-13-28(14-16-29)18-19-9-5-3-6-10-19/h3-12,21,26H,13-18H2,1-2H3/t21-/m0/s1. The van der Waals surface area contributed by atoms with Crippen molar-refractivity contribution in [3.8, 4) is 0 Å². The summed E-state index contributed by atoms with van der Waals surface area (Å²) < 4.78 is 0. The van der Waals surface area contributed by atoms with Crippen LogP contribution in [0.25, 0.3) is 0 Å². The summed E-state index contributed by atoms with van der Waals surface area (Å²) in [5, 5.41) is 3.29. The Bertz CT molecular complexity index is 1050. The van der Waals surface area contributed by atoms with Crippen LogP contribution < -0.4 is 21.1 Å². The molecule has 6 heteroatoms. The lowest BCUT2D eigenvalue weighted by molar-refractivity contribution is 0.249. The lowest BCUT2D eigenvalue weighted by Crippen LogP contribution is -2.51. The van der Waals surface area contributed by atoms with Gasteiger partial charge in [0, 0.05) is 39.3 Å². The molecule has 3 aromatic carbocycles. The van der Waals surface area contributed by atoms with E-state index >= 15 is 0 Å². The summed E-state index contributed by atoms with van der Waals surface area (Å²) in [4.78, 5) is 31.3. The molecule has 1 heterocycles. The van der Waals surface area contributed by atoms with Crippen molar-refractivity contribution in [1.29, 1.82) is 0 Å². The van der Waals surface area contributed by atoms with Gasteiger partial charge in [-0.25, -0.2) is 0 Å². The molecule has 1 N–H and O–H groups in total. The molecule has 0 spiro atoms. The second kappa shape index (κ2) is 9.45. The van der Waals surface area contributed by atoms with Crippen LogP contribution in [0.15, 0.2) is 70.3 Å². The third-order valence-electron chi connectivity index (χ3n) is 6.10. The number of piperazine rings is 1. The van der Waals surface area contributed by atoms with Crippen molar-refractivity contribution in [2.75, 3.05) is 57.0 Å². The molecule has 0 aliphatic carbocycles. The average Bonchev–Trinajstić information content (AvgIpc) is 2.80. The third-order valence-corrected chi connectivity index (χ3v) is 6.10. The van der Waals surface area contributed by atoms with Crippen molar-refractivity contribution in [3.63, 3.8) is 0 Å². The van der Waals surface area contributed by atoms with Gasteiger partial charge < -0.3 is 15.1 Å². The van der Waals surface area contributed by atoms with Gasteiger partial charge in [-0.2, -0.15) is 0 Å². The van der Waals surface area contributed by atoms with E-state index in [-0.39, 0.29) is 11.5 Å². The molecule has 162 valence electrons. The van der Waals surface area contributed by atoms with Gasteiger partial charge in [0.15, 0.2) is 0 Å². The van der Waals surface area contributed by atoms with E-state index in [1.54, 1.807) is 0 Å². The van der Waals surface area contributed by atoms with Crippen molar-refractivity contribution in [3.05, 3.63) is 92.2 Å². The summed E-state index contributed by atoms with van der Waals surface area (Å²) in [6, 6.07) is 20.7. The van der Waals surface area contributed by atoms with E-state index in [0.29, 0.717) is 17.9 Å². The molecule has 0 saturated carbocycles. The first kappa shape index (κ1) is 21.3. The maximum atomic E-state index is 12.4. The Hall–Kier alpha value is -2.96. The second-order valence-electron chi connectivity index (χ2n) is 8.40. The molecule has 31 heavy (non-hydrogen) atoms. The largest absolute Gasteiger partial charge is 0.378 e. The van der Waals surface area contributed by atoms with Gasteiger partial charge in [-0.3, -0.25) is 14.5 Å². The van der Waals surface area contributed by atoms with Crippen LogP contribution in [-0.2, 0) is 6.54 Å². The van der Waals surface area contributed by atoms with E-state index in [4.69, 9.17) is 0 Å². The highest BCUT2D eigenvalue weighted by atomic mass is 16.2. The molecule has 1 aliphatic heterocycles. The molecule has 3 aromatic rings. The Morgan fingerprint density at radius 2 is 1.48 bits per heavy atom. The predicted molar refractivity (Wildman–Crippen MR) is 127 cm³/mol. The number of hydrogen-bond acceptors (Lipinski definition) is 6. The number of likely N-dealkylation sites (N-methyl/N-ethyl adjacent to an activating group) is 1. The average molecular weight is 419 g/mol. The molecule has 0 unspecified atom stereocenters. The summed E-state index contributed by atoms with van der Waals surface area (Å²) in [5.74, 6) is 0. The van der Waals surface area contributed by atoms with Gasteiger partial charge in [-0.1, -0.05) is 60.7 Å². The van der Waals surface area contributed by atoms with Gasteiger partial charge in [-0.05, 0) is 25.2 Å². The monoisotopic (exact) mass is 418 g/mol. The normalized spacial score (nSPS) is 16.0. The minimum absolute atomic E-state index is 0.112. The van der Waals surface area contributed by atoms with Crippen molar-refractivity contribution >= 4 is 11.4 Å². The Balaban J connectivity index is 1.39. The Labute approximate surface area is 183 Å². The van der Waals surface area contributed by atoms with E-state index in [1.807, 2.05) is 38.4 Å². The van der Waals surface area contributed by atoms with Crippen LogP contribution >= 0.6 is 0 Å². The van der Waals surface area contributed by atoms with Gasteiger partial charge in [0.05, 0.1) is 6.04 Å². The SMILES string of the molecule is CN(C)[C@@H](CNc1c(N2CCN(Cc3ccccc3)CC2)c(=O)c1=O)c1ccccc1. The Morgan fingerprint density at radius 3 is 2.10 bits per heavy atom. The molecule has 0 bridgehead atoms. The van der Waals surface area contributed by atoms with E-state index in [1.165, 1.54) is 11.1 Å². The molecule has 0 aromatic heterocycles. The van der Waals surface area contributed by atoms with Crippen LogP contribution in [0.5, 0.6) is 0 Å². The predicted octanol–water partition coefficient (Wildman–Crippen LogP) is 2.32. The minimum atomic E-state index is -0.396. The smallest absolute Gasteiger partial charge is 0.253 e. The summed E-state index contributed by atoms with van der Waals surface area (Å²) in [6.07, 6.45) is 0. The summed E-state index contributed by atoms with van der Waals surface area (Å²) in [5.41, 5.74) is 2.75. The lowest BCUT2D eigenvalue weighted by Gasteiger charge is -2.37. The fourth-order valence-electron chi connectivity index (χ4n) is 4.29. The van der Waals surface area contributed by atoms with Crippen LogP contribution in [0.2, 0.25) is 0 Å². The molecule has 1 atom stereocenters. The van der Waals surface area contributed by atoms with Crippen molar-refractivity contribution < 1.29 is 0 Å². The maximum absolute atomic E-state index is 12.4. The molecule has 4 rings (SSSR count). The zero-order valence-corrected chi connectivity index (χ0v) is 18.3. The maximum Gasteiger partial charge on any atom is 0.253 e. The zero-order chi connectivity index (χ0) is 21.8. The third kappa shape index (κ3) is 4.70. The van der Waals surface area contributed by atoms with Crippen molar-refractivity contribution in [1.82, 2.24) is 9.80 Å². The van der Waals surface area contributed by atoms with E-state index < -0.39 is 5.43 Å². The van der Waals surface area contributed by atoms with Gasteiger partial charge in [-0.15, -0.1) is 0 Å². The Morgan fingerprint density at radius 1 is 0.871 bits per heavy atom. The summed E-state index contributed by atoms with van der Waals surface area (Å²) >= 11 is 0. The van der Waals surface area contributed by atoms with Crippen LogP contribution in [-0.4, -0.2) is 56.6 Å². The first-order chi connectivity index (χ1) is 15.0. The quantitative estimate of drug-likeness (QED) is 0.567. The second-order valence-corrected chi connectivity index (χ2v) is 8.40. The fourth-order valence-corrected chi connectivity index (χ4v) is 4.29. The van der Waals surface area contributed by atoms with E-state index in [9.17, 15) is 9.59 Å². The van der Waals surface area contributed by atoms with Gasteiger partial charge in [0.2, 0.25) is 0 Å². The van der Waals surface area contributed by atoms with E-state index in [0.717, 1.165) is 32.7 Å². The molecule has 0 amide bonds. The molecule has 1 aliphatic rings. The molecule has 6 nitrogen and oxygen atoms in total. The van der Waals surface area contributed by atoms with Gasteiger partial charge in [0.25, 0.3) is 10.9 Å². The molecular formula is C25H30N4O2. The van der Waals surface area contributed by atoms with Crippen LogP contribution in [0.3, 0.4) is 0 Å². The van der Waals surface area contributed by atoms with Crippen molar-refractivity contribution in [2.45, 2.75) is 12.6 Å². The number of anilines is 2. The lowest BCUT2D eigenvalue weighted by atomic mass is 10.1. The zero-order valence-electron chi connectivity index (χ0n) is 18.3. The van der Waals surface area contributed by atoms with Crippen molar-refractivity contribution in [2.24, 2.45) is 0 Å². The topological polar surface area (TPSA) is 55.9 Å². The summed E-state index contributed by atoms with van der Waals surface area (Å²) in [6.45, 7) is 4.73. The van der Waals surface area contributed by atoms with Crippen LogP contribution in [0.4, 0.5) is 11.4 Å². The first-order valence-electron chi connectivity index (χ1n) is 10.8. The Kier molecular flexibility index (Phi) is 6.49. The highest BCUT2D eigenvalue weighted by Crippen LogP contribution is 2.24. The van der Waals surface area contributed by atoms with Crippen LogP contribution in [0.1, 0.15) is 17.2 Å². The number of nitrogens with one attached hydrogen (secondary N) is 1. The molecular weight excluding hydrogens is 388 g/mol. The molecule has 0 radical (unpaired) electrons. The number of hydrogen-bond donors (Lipinski definition) is 1. The van der Waals surface area contributed by atoms with Gasteiger partial charge >= 0.3 is 0 Å². The highest BCUT2D eigenvalue weighted by molar-refractivity contribution is 5.75. The fraction of sp³-hybridized carbons (Fsp3) is 0.360. The minimum Gasteiger partial charge on any atom is -0.378 e. The van der Waals surface area contributed by atoms with Gasteiger partial charge in [0.1, 0.15) is 11.4 Å². The first-order valence-corrected chi connectivity index (χ1v) is 10.8. The van der Waals surface area contributed by atoms with Crippen LogP contribution in [0, 0.1) is 0 Å². The number of rotatable bonds is 8. The van der Waals surface area contributed by atoms with E-state index in [2.05, 4.69) is 56.4 Å².